The minimum Gasteiger partial charge on any atom is -0.359 e. The van der Waals surface area contributed by atoms with Crippen molar-refractivity contribution in [3.05, 3.63) is 17.3 Å². The van der Waals surface area contributed by atoms with Gasteiger partial charge in [-0.2, -0.15) is 0 Å². The molecule has 0 radical (unpaired) electrons. The predicted molar refractivity (Wildman–Crippen MR) is 85.9 cm³/mol. The summed E-state index contributed by atoms with van der Waals surface area (Å²) < 4.78 is 9.94. The molecule has 0 spiro atoms. The van der Waals surface area contributed by atoms with Crippen LogP contribution in [-0.2, 0) is 11.5 Å². The van der Waals surface area contributed by atoms with E-state index in [1.54, 1.807) is 17.3 Å². The lowest BCUT2D eigenvalue weighted by Crippen LogP contribution is -2.22. The second kappa shape index (κ2) is 5.47. The first-order chi connectivity index (χ1) is 9.96. The summed E-state index contributed by atoms with van der Waals surface area (Å²) in [6.07, 6.45) is 3.40. The van der Waals surface area contributed by atoms with Crippen LogP contribution in [0.15, 0.2) is 17.3 Å². The molecule has 3 heterocycles. The first-order valence-corrected chi connectivity index (χ1v) is 11.2. The normalized spacial score (nSPS) is 12.6. The second-order valence-electron chi connectivity index (χ2n) is 6.15. The van der Waals surface area contributed by atoms with Gasteiger partial charge in [0.2, 0.25) is 0 Å². The van der Waals surface area contributed by atoms with Gasteiger partial charge in [0, 0.05) is 14.7 Å². The molecule has 0 N–H and O–H groups in total. The van der Waals surface area contributed by atoms with Crippen LogP contribution in [0.25, 0.3) is 16.7 Å². The van der Waals surface area contributed by atoms with E-state index in [4.69, 9.17) is 4.74 Å². The summed E-state index contributed by atoms with van der Waals surface area (Å²) in [4.78, 5) is 8.57. The lowest BCUT2D eigenvalue weighted by molar-refractivity contribution is 0.0798. The molecule has 0 saturated heterocycles. The zero-order valence-electron chi connectivity index (χ0n) is 12.2. The molecule has 0 bridgehead atoms. The average Bonchev–Trinajstić information content (AvgIpc) is 2.98. The highest BCUT2D eigenvalue weighted by Crippen LogP contribution is 2.22. The van der Waals surface area contributed by atoms with E-state index in [1.807, 2.05) is 4.40 Å². The molecule has 0 saturated carbocycles. The Bertz CT molecular complexity index is 777. The summed E-state index contributed by atoms with van der Waals surface area (Å²) in [5, 5.41) is 8.32. The van der Waals surface area contributed by atoms with Crippen LogP contribution in [0.1, 0.15) is 0 Å². The summed E-state index contributed by atoms with van der Waals surface area (Å²) in [6, 6.07) is 1.13. The molecule has 0 aromatic carbocycles. The highest BCUT2D eigenvalue weighted by Gasteiger charge is 2.15. The fraction of sp³-hybridized carbons (Fsp3) is 0.500. The van der Waals surface area contributed by atoms with E-state index in [0.29, 0.717) is 12.4 Å². The highest BCUT2D eigenvalue weighted by molar-refractivity contribution is 9.10. The standard InChI is InChI=1S/C12H17BrN6OSi/c1-21(2,3)5-4-20-8-19-12-9(16-17-19)10-11(13)14-6-18(10)7-15-12/h6-7H,4-5,8H2,1-3H3. The Labute approximate surface area is 131 Å². The Morgan fingerprint density at radius 3 is 2.76 bits per heavy atom. The zero-order chi connectivity index (χ0) is 15.0. The molecule has 112 valence electrons. The number of fused-ring (bicyclic) bond motifs is 3. The van der Waals surface area contributed by atoms with Gasteiger partial charge < -0.3 is 4.74 Å². The summed E-state index contributed by atoms with van der Waals surface area (Å²) in [5.41, 5.74) is 2.29. The molecule has 3 aromatic rings. The highest BCUT2D eigenvalue weighted by atomic mass is 79.9. The van der Waals surface area contributed by atoms with E-state index in [0.717, 1.165) is 28.3 Å². The first-order valence-electron chi connectivity index (χ1n) is 6.74. The number of halogens is 1. The van der Waals surface area contributed by atoms with Crippen molar-refractivity contribution in [1.82, 2.24) is 29.4 Å². The molecule has 3 aromatic heterocycles. The van der Waals surface area contributed by atoms with Crippen LogP contribution < -0.4 is 0 Å². The Hall–Kier alpha value is -1.32. The largest absolute Gasteiger partial charge is 0.359 e. The van der Waals surface area contributed by atoms with Crippen LogP contribution in [0.4, 0.5) is 0 Å². The molecular weight excluding hydrogens is 352 g/mol. The molecule has 0 unspecified atom stereocenters. The summed E-state index contributed by atoms with van der Waals surface area (Å²) in [6.45, 7) is 8.11. The van der Waals surface area contributed by atoms with Gasteiger partial charge in [0.05, 0.1) is 0 Å². The number of nitrogens with zero attached hydrogens (tertiary/aromatic N) is 6. The Morgan fingerprint density at radius 2 is 2.00 bits per heavy atom. The topological polar surface area (TPSA) is 70.1 Å². The SMILES string of the molecule is C[Si](C)(C)CCOCn1nnc2c1ncn1cnc(Br)c21. The van der Waals surface area contributed by atoms with Crippen molar-refractivity contribution < 1.29 is 4.74 Å². The maximum Gasteiger partial charge on any atom is 0.184 e. The Morgan fingerprint density at radius 1 is 1.24 bits per heavy atom. The van der Waals surface area contributed by atoms with Crippen molar-refractivity contribution in [3.8, 4) is 0 Å². The third kappa shape index (κ3) is 2.99. The van der Waals surface area contributed by atoms with Crippen molar-refractivity contribution in [3.63, 3.8) is 0 Å². The van der Waals surface area contributed by atoms with Crippen LogP contribution in [0, 0.1) is 0 Å². The minimum atomic E-state index is -1.07. The van der Waals surface area contributed by atoms with Gasteiger partial charge in [0.15, 0.2) is 11.2 Å². The van der Waals surface area contributed by atoms with Crippen molar-refractivity contribution in [2.75, 3.05) is 6.61 Å². The number of imidazole rings is 1. The molecule has 0 aliphatic heterocycles. The van der Waals surface area contributed by atoms with E-state index in [-0.39, 0.29) is 0 Å². The van der Waals surface area contributed by atoms with Crippen molar-refractivity contribution in [2.45, 2.75) is 32.4 Å². The quantitative estimate of drug-likeness (QED) is 0.511. The predicted octanol–water partition coefficient (Wildman–Crippen LogP) is 2.55. The number of aromatic nitrogens is 6. The first kappa shape index (κ1) is 14.6. The van der Waals surface area contributed by atoms with E-state index < -0.39 is 8.07 Å². The lowest BCUT2D eigenvalue weighted by atomic mass is 10.4. The molecule has 7 nitrogen and oxygen atoms in total. The maximum absolute atomic E-state index is 5.71. The third-order valence-corrected chi connectivity index (χ3v) is 5.48. The van der Waals surface area contributed by atoms with Gasteiger partial charge in [-0.25, -0.2) is 14.6 Å². The molecule has 0 atom stereocenters. The van der Waals surface area contributed by atoms with E-state index in [9.17, 15) is 0 Å². The molecular formula is C12H17BrN6OSi. The van der Waals surface area contributed by atoms with Crippen LogP contribution in [0.3, 0.4) is 0 Å². The molecule has 0 aliphatic rings. The van der Waals surface area contributed by atoms with Gasteiger partial charge in [-0.1, -0.05) is 24.9 Å². The number of hydrogen-bond acceptors (Lipinski definition) is 5. The van der Waals surface area contributed by atoms with Gasteiger partial charge in [-0.05, 0) is 22.0 Å². The van der Waals surface area contributed by atoms with Gasteiger partial charge in [-0.3, -0.25) is 4.40 Å². The van der Waals surface area contributed by atoms with Crippen LogP contribution >= 0.6 is 15.9 Å². The van der Waals surface area contributed by atoms with Gasteiger partial charge in [0.1, 0.15) is 29.5 Å². The minimum absolute atomic E-state index is 0.371. The van der Waals surface area contributed by atoms with E-state index >= 15 is 0 Å². The fourth-order valence-electron chi connectivity index (χ4n) is 1.97. The molecule has 0 amide bonds. The van der Waals surface area contributed by atoms with E-state index in [1.165, 1.54) is 0 Å². The fourth-order valence-corrected chi connectivity index (χ4v) is 3.21. The number of ether oxygens (including phenoxy) is 1. The second-order valence-corrected chi connectivity index (χ2v) is 12.5. The molecule has 0 fully saturated rings. The molecule has 9 heteroatoms. The monoisotopic (exact) mass is 368 g/mol. The van der Waals surface area contributed by atoms with E-state index in [2.05, 4.69) is 55.9 Å². The maximum atomic E-state index is 5.71. The van der Waals surface area contributed by atoms with Crippen LogP contribution in [0.2, 0.25) is 25.7 Å². The number of hydrogen-bond donors (Lipinski definition) is 0. The van der Waals surface area contributed by atoms with Gasteiger partial charge >= 0.3 is 0 Å². The summed E-state index contributed by atoms with van der Waals surface area (Å²) in [5.74, 6) is 0. The lowest BCUT2D eigenvalue weighted by Gasteiger charge is -2.15. The smallest absolute Gasteiger partial charge is 0.184 e. The van der Waals surface area contributed by atoms with Gasteiger partial charge in [0.25, 0.3) is 0 Å². The van der Waals surface area contributed by atoms with Crippen molar-refractivity contribution >= 4 is 40.7 Å². The average molecular weight is 369 g/mol. The Balaban J connectivity index is 1.81. The molecule has 0 aliphatic carbocycles. The Kier molecular flexibility index (Phi) is 3.80. The van der Waals surface area contributed by atoms with Crippen LogP contribution in [-0.4, -0.2) is 44.0 Å². The summed E-state index contributed by atoms with van der Waals surface area (Å²) in [7, 11) is -1.07. The zero-order valence-corrected chi connectivity index (χ0v) is 14.8. The number of rotatable bonds is 5. The van der Waals surface area contributed by atoms with Crippen molar-refractivity contribution in [1.29, 1.82) is 0 Å². The summed E-state index contributed by atoms with van der Waals surface area (Å²) >= 11 is 3.42. The van der Waals surface area contributed by atoms with Crippen LogP contribution in [0.5, 0.6) is 0 Å². The molecule has 3 rings (SSSR count). The van der Waals surface area contributed by atoms with Gasteiger partial charge in [-0.15, -0.1) is 5.10 Å². The van der Waals surface area contributed by atoms with Crippen molar-refractivity contribution in [2.24, 2.45) is 0 Å². The third-order valence-electron chi connectivity index (χ3n) is 3.20. The molecule has 21 heavy (non-hydrogen) atoms.